The lowest BCUT2D eigenvalue weighted by atomic mass is 9.97. The van der Waals surface area contributed by atoms with E-state index in [-0.39, 0.29) is 24.5 Å². The monoisotopic (exact) mass is 314 g/mol. The summed E-state index contributed by atoms with van der Waals surface area (Å²) in [5.74, 6) is -0.692. The van der Waals surface area contributed by atoms with Crippen molar-refractivity contribution in [2.75, 3.05) is 7.11 Å². The van der Waals surface area contributed by atoms with E-state index in [0.717, 1.165) is 4.47 Å². The third-order valence-electron chi connectivity index (χ3n) is 2.52. The number of carboxylic acid groups (broad SMARTS) is 1. The van der Waals surface area contributed by atoms with Crippen molar-refractivity contribution >= 4 is 27.7 Å². The average molecular weight is 315 g/mol. The third-order valence-corrected chi connectivity index (χ3v) is 3.01. The van der Waals surface area contributed by atoms with E-state index in [2.05, 4.69) is 15.9 Å². The van der Waals surface area contributed by atoms with Crippen LogP contribution in [0.5, 0.6) is 5.75 Å². The Hall–Kier alpha value is -1.36. The van der Waals surface area contributed by atoms with Gasteiger partial charge >= 0.3 is 5.97 Å². The molecular formula is C13H15BrO4. The number of aliphatic carboxylic acids is 1. The number of halogens is 1. The van der Waals surface area contributed by atoms with Gasteiger partial charge in [-0.2, -0.15) is 0 Å². The van der Waals surface area contributed by atoms with Crippen LogP contribution in [0.1, 0.15) is 30.1 Å². The number of ether oxygens (including phenoxy) is 1. The van der Waals surface area contributed by atoms with Crippen molar-refractivity contribution in [1.82, 2.24) is 0 Å². The summed E-state index contributed by atoms with van der Waals surface area (Å²) in [6, 6.07) is 5.18. The average Bonchev–Trinajstić information content (AvgIpc) is 2.27. The largest absolute Gasteiger partial charge is 0.496 e. The summed E-state index contributed by atoms with van der Waals surface area (Å²) in [5, 5.41) is 8.67. The summed E-state index contributed by atoms with van der Waals surface area (Å²) in [4.78, 5) is 22.6. The number of benzene rings is 1. The fourth-order valence-electron chi connectivity index (χ4n) is 1.69. The maximum Gasteiger partial charge on any atom is 0.303 e. The maximum atomic E-state index is 12.1. The summed E-state index contributed by atoms with van der Waals surface area (Å²) in [5.41, 5.74) is 0.476. The van der Waals surface area contributed by atoms with Gasteiger partial charge in [0.15, 0.2) is 5.78 Å². The van der Waals surface area contributed by atoms with Crippen LogP contribution in [0.3, 0.4) is 0 Å². The lowest BCUT2D eigenvalue weighted by molar-refractivity contribution is -0.137. The first kappa shape index (κ1) is 14.7. The predicted octanol–water partition coefficient (Wildman–Crippen LogP) is 3.14. The van der Waals surface area contributed by atoms with Crippen molar-refractivity contribution in [3.63, 3.8) is 0 Å². The highest BCUT2D eigenvalue weighted by Gasteiger charge is 2.17. The molecule has 1 aromatic rings. The van der Waals surface area contributed by atoms with E-state index in [1.807, 2.05) is 0 Å². The predicted molar refractivity (Wildman–Crippen MR) is 71.1 cm³/mol. The van der Waals surface area contributed by atoms with E-state index in [1.54, 1.807) is 25.1 Å². The first-order valence-corrected chi connectivity index (χ1v) is 6.32. The third kappa shape index (κ3) is 4.14. The molecule has 0 fully saturated rings. The Kier molecular flexibility index (Phi) is 5.34. The van der Waals surface area contributed by atoms with Crippen LogP contribution in [0.25, 0.3) is 0 Å². The number of methoxy groups -OCH3 is 1. The fraction of sp³-hybridized carbons (Fsp3) is 0.385. The molecule has 1 N–H and O–H groups in total. The smallest absolute Gasteiger partial charge is 0.303 e. The molecule has 1 rings (SSSR count). The zero-order valence-corrected chi connectivity index (χ0v) is 11.9. The minimum absolute atomic E-state index is 0.0118. The van der Waals surface area contributed by atoms with Gasteiger partial charge in [-0.25, -0.2) is 0 Å². The van der Waals surface area contributed by atoms with Gasteiger partial charge in [0.1, 0.15) is 5.75 Å². The molecule has 0 bridgehead atoms. The van der Waals surface area contributed by atoms with Crippen LogP contribution in [0.15, 0.2) is 22.7 Å². The molecule has 18 heavy (non-hydrogen) atoms. The van der Waals surface area contributed by atoms with Crippen molar-refractivity contribution in [2.24, 2.45) is 5.92 Å². The molecule has 0 aliphatic rings. The van der Waals surface area contributed by atoms with Crippen molar-refractivity contribution < 1.29 is 19.4 Å². The topological polar surface area (TPSA) is 63.6 Å². The Bertz CT molecular complexity index is 456. The molecule has 0 heterocycles. The Morgan fingerprint density at radius 1 is 1.39 bits per heavy atom. The first-order valence-electron chi connectivity index (χ1n) is 5.52. The molecule has 0 aliphatic heterocycles. The van der Waals surface area contributed by atoms with Gasteiger partial charge in [0.2, 0.25) is 0 Å². The number of ketones is 1. The van der Waals surface area contributed by atoms with Crippen molar-refractivity contribution in [3.8, 4) is 5.75 Å². The molecule has 0 aliphatic carbocycles. The van der Waals surface area contributed by atoms with E-state index in [1.165, 1.54) is 7.11 Å². The first-order chi connectivity index (χ1) is 8.43. The Morgan fingerprint density at radius 3 is 2.61 bits per heavy atom. The van der Waals surface area contributed by atoms with E-state index in [9.17, 15) is 9.59 Å². The van der Waals surface area contributed by atoms with Crippen molar-refractivity contribution in [1.29, 1.82) is 0 Å². The van der Waals surface area contributed by atoms with Gasteiger partial charge in [-0.3, -0.25) is 9.59 Å². The SMILES string of the molecule is COc1ccc(Br)cc1C(=O)CC(C)CC(=O)O. The van der Waals surface area contributed by atoms with Crippen LogP contribution in [0, 0.1) is 5.92 Å². The van der Waals surface area contributed by atoms with Gasteiger partial charge in [0.05, 0.1) is 12.7 Å². The second-order valence-electron chi connectivity index (χ2n) is 4.17. The highest BCUT2D eigenvalue weighted by molar-refractivity contribution is 9.10. The number of rotatable bonds is 6. The van der Waals surface area contributed by atoms with E-state index in [0.29, 0.717) is 11.3 Å². The number of hydrogen-bond acceptors (Lipinski definition) is 3. The quantitative estimate of drug-likeness (QED) is 0.819. The molecule has 1 aromatic carbocycles. The zero-order valence-electron chi connectivity index (χ0n) is 10.3. The van der Waals surface area contributed by atoms with Gasteiger partial charge in [0.25, 0.3) is 0 Å². The van der Waals surface area contributed by atoms with Crippen LogP contribution in [0.4, 0.5) is 0 Å². The summed E-state index contributed by atoms with van der Waals surface area (Å²) in [7, 11) is 1.50. The van der Waals surface area contributed by atoms with Crippen LogP contribution >= 0.6 is 15.9 Å². The lowest BCUT2D eigenvalue weighted by Crippen LogP contribution is -2.11. The molecule has 5 heteroatoms. The van der Waals surface area contributed by atoms with Gasteiger partial charge in [-0.15, -0.1) is 0 Å². The number of Topliss-reactive ketones (excluding diaryl/α,β-unsaturated/α-hetero) is 1. The van der Waals surface area contributed by atoms with Crippen LogP contribution in [-0.2, 0) is 4.79 Å². The summed E-state index contributed by atoms with van der Waals surface area (Å²) < 4.78 is 5.92. The number of carbonyl (C=O) groups excluding carboxylic acids is 1. The minimum Gasteiger partial charge on any atom is -0.496 e. The fourth-order valence-corrected chi connectivity index (χ4v) is 2.06. The molecule has 98 valence electrons. The molecule has 4 nitrogen and oxygen atoms in total. The molecule has 0 saturated carbocycles. The van der Waals surface area contributed by atoms with E-state index in [4.69, 9.17) is 9.84 Å². The second-order valence-corrected chi connectivity index (χ2v) is 5.09. The Morgan fingerprint density at radius 2 is 2.06 bits per heavy atom. The van der Waals surface area contributed by atoms with E-state index >= 15 is 0 Å². The second kappa shape index (κ2) is 6.54. The number of hydrogen-bond donors (Lipinski definition) is 1. The van der Waals surface area contributed by atoms with Gasteiger partial charge in [-0.1, -0.05) is 22.9 Å². The van der Waals surface area contributed by atoms with Gasteiger partial charge in [-0.05, 0) is 24.1 Å². The molecule has 0 aromatic heterocycles. The minimum atomic E-state index is -0.892. The lowest BCUT2D eigenvalue weighted by Gasteiger charge is -2.11. The summed E-state index contributed by atoms with van der Waals surface area (Å²) >= 11 is 3.30. The molecule has 0 saturated heterocycles. The van der Waals surface area contributed by atoms with Crippen molar-refractivity contribution in [2.45, 2.75) is 19.8 Å². The van der Waals surface area contributed by atoms with Crippen molar-refractivity contribution in [3.05, 3.63) is 28.2 Å². The van der Waals surface area contributed by atoms with Gasteiger partial charge < -0.3 is 9.84 Å². The highest BCUT2D eigenvalue weighted by Crippen LogP contribution is 2.25. The molecule has 0 radical (unpaired) electrons. The van der Waals surface area contributed by atoms with E-state index < -0.39 is 5.97 Å². The Balaban J connectivity index is 2.83. The normalized spacial score (nSPS) is 11.9. The van der Waals surface area contributed by atoms with Crippen LogP contribution in [-0.4, -0.2) is 24.0 Å². The maximum absolute atomic E-state index is 12.1. The van der Waals surface area contributed by atoms with Gasteiger partial charge in [0, 0.05) is 17.3 Å². The summed E-state index contributed by atoms with van der Waals surface area (Å²) in [6.07, 6.45) is 0.182. The highest BCUT2D eigenvalue weighted by atomic mass is 79.9. The zero-order chi connectivity index (χ0) is 13.7. The number of carbonyl (C=O) groups is 2. The standard InChI is InChI=1S/C13H15BrO4/c1-8(6-13(16)17)5-11(15)10-7-9(14)3-4-12(10)18-2/h3-4,7-8H,5-6H2,1-2H3,(H,16,17). The molecule has 1 unspecified atom stereocenters. The van der Waals surface area contributed by atoms with Crippen LogP contribution < -0.4 is 4.74 Å². The molecule has 1 atom stereocenters. The Labute approximate surface area is 114 Å². The van der Waals surface area contributed by atoms with Crippen LogP contribution in [0.2, 0.25) is 0 Å². The molecule has 0 amide bonds. The summed E-state index contributed by atoms with van der Waals surface area (Å²) in [6.45, 7) is 1.75. The number of carboxylic acids is 1. The molecular weight excluding hydrogens is 300 g/mol. The molecule has 0 spiro atoms.